The summed E-state index contributed by atoms with van der Waals surface area (Å²) in [5.41, 5.74) is 9.38. The smallest absolute Gasteiger partial charge is 0.136 e. The lowest BCUT2D eigenvalue weighted by atomic mass is 10.1. The molecule has 4 heteroatoms. The quantitative estimate of drug-likeness (QED) is 0.856. The second-order valence-electron chi connectivity index (χ2n) is 5.06. The van der Waals surface area contributed by atoms with Crippen molar-refractivity contribution in [3.05, 3.63) is 59.2 Å². The molecular formula is C17H19N3O. The highest BCUT2D eigenvalue weighted by Crippen LogP contribution is 2.20. The molecule has 2 rings (SSSR count). The summed E-state index contributed by atoms with van der Waals surface area (Å²) in [6.07, 6.45) is 0. The van der Waals surface area contributed by atoms with Crippen LogP contribution in [0.25, 0.3) is 0 Å². The maximum absolute atomic E-state index is 9.12. The molecule has 4 nitrogen and oxygen atoms in total. The van der Waals surface area contributed by atoms with Crippen LogP contribution in [0.2, 0.25) is 0 Å². The number of nitriles is 1. The van der Waals surface area contributed by atoms with E-state index in [9.17, 15) is 0 Å². The van der Waals surface area contributed by atoms with Crippen LogP contribution in [0.1, 0.15) is 16.7 Å². The van der Waals surface area contributed by atoms with E-state index in [0.717, 1.165) is 24.3 Å². The zero-order valence-electron chi connectivity index (χ0n) is 12.3. The molecule has 0 unspecified atom stereocenters. The highest BCUT2D eigenvalue weighted by Gasteiger charge is 2.06. The monoisotopic (exact) mass is 281 g/mol. The van der Waals surface area contributed by atoms with E-state index in [-0.39, 0.29) is 0 Å². The van der Waals surface area contributed by atoms with Crippen molar-refractivity contribution in [1.82, 2.24) is 4.90 Å². The van der Waals surface area contributed by atoms with Crippen molar-refractivity contribution in [2.45, 2.75) is 13.1 Å². The van der Waals surface area contributed by atoms with Crippen molar-refractivity contribution in [1.29, 1.82) is 5.26 Å². The Bertz CT molecular complexity index is 661. The molecule has 0 fully saturated rings. The van der Waals surface area contributed by atoms with Gasteiger partial charge in [-0.2, -0.15) is 5.26 Å². The summed E-state index contributed by atoms with van der Waals surface area (Å²) in [5.74, 6) is 0.611. The third-order valence-electron chi connectivity index (χ3n) is 3.24. The number of rotatable bonds is 5. The molecule has 0 aliphatic heterocycles. The topological polar surface area (TPSA) is 62.3 Å². The van der Waals surface area contributed by atoms with Gasteiger partial charge in [-0.15, -0.1) is 0 Å². The summed E-state index contributed by atoms with van der Waals surface area (Å²) in [6, 6.07) is 15.7. The normalized spacial score (nSPS) is 10.4. The molecule has 0 bridgehead atoms. The molecular weight excluding hydrogens is 262 g/mol. The van der Waals surface area contributed by atoms with E-state index in [1.807, 2.05) is 43.4 Å². The Morgan fingerprint density at radius 3 is 2.48 bits per heavy atom. The summed E-state index contributed by atoms with van der Waals surface area (Å²) in [4.78, 5) is 2.18. The number of methoxy groups -OCH3 is 1. The van der Waals surface area contributed by atoms with Crippen LogP contribution in [0.4, 0.5) is 5.69 Å². The van der Waals surface area contributed by atoms with E-state index in [4.69, 9.17) is 15.7 Å². The number of nitrogen functional groups attached to an aromatic ring is 1. The number of anilines is 1. The molecule has 0 aromatic heterocycles. The maximum atomic E-state index is 9.12. The van der Waals surface area contributed by atoms with E-state index >= 15 is 0 Å². The van der Waals surface area contributed by atoms with Crippen molar-refractivity contribution in [3.8, 4) is 11.8 Å². The third kappa shape index (κ3) is 3.98. The minimum Gasteiger partial charge on any atom is -0.495 e. The Labute approximate surface area is 125 Å². The lowest BCUT2D eigenvalue weighted by Crippen LogP contribution is -2.17. The molecule has 0 atom stereocenters. The molecule has 2 aromatic carbocycles. The Kier molecular flexibility index (Phi) is 4.81. The van der Waals surface area contributed by atoms with Gasteiger partial charge in [0.2, 0.25) is 0 Å². The highest BCUT2D eigenvalue weighted by atomic mass is 16.5. The van der Waals surface area contributed by atoms with E-state index in [0.29, 0.717) is 11.3 Å². The molecule has 0 saturated carbocycles. The number of ether oxygens (including phenoxy) is 1. The van der Waals surface area contributed by atoms with E-state index in [2.05, 4.69) is 17.0 Å². The molecule has 0 saturated heterocycles. The molecule has 0 radical (unpaired) electrons. The molecule has 0 aliphatic rings. The van der Waals surface area contributed by atoms with Gasteiger partial charge in [0.25, 0.3) is 0 Å². The second-order valence-corrected chi connectivity index (χ2v) is 5.06. The SMILES string of the molecule is COc1ccc(CN(C)Cc2cccc(N)c2)cc1C#N. The molecule has 0 amide bonds. The molecule has 0 heterocycles. The summed E-state index contributed by atoms with van der Waals surface area (Å²) >= 11 is 0. The first-order valence-corrected chi connectivity index (χ1v) is 6.72. The standard InChI is InChI=1S/C17H19N3O/c1-20(11-13-4-3-5-16(19)9-13)12-14-6-7-17(21-2)15(8-14)10-18/h3-9H,11-12,19H2,1-2H3. The van der Waals surface area contributed by atoms with Crippen LogP contribution in [0.3, 0.4) is 0 Å². The van der Waals surface area contributed by atoms with Crippen LogP contribution in [0, 0.1) is 11.3 Å². The lowest BCUT2D eigenvalue weighted by Gasteiger charge is -2.17. The Morgan fingerprint density at radius 2 is 1.86 bits per heavy atom. The Balaban J connectivity index is 2.06. The maximum Gasteiger partial charge on any atom is 0.136 e. The van der Waals surface area contributed by atoms with E-state index in [1.165, 1.54) is 5.56 Å². The molecule has 0 spiro atoms. The zero-order chi connectivity index (χ0) is 15.2. The van der Waals surface area contributed by atoms with Gasteiger partial charge in [-0.3, -0.25) is 4.90 Å². The largest absolute Gasteiger partial charge is 0.495 e. The lowest BCUT2D eigenvalue weighted by molar-refractivity contribution is 0.319. The number of hydrogen-bond donors (Lipinski definition) is 1. The Hall–Kier alpha value is -2.51. The average molecular weight is 281 g/mol. The fourth-order valence-electron chi connectivity index (χ4n) is 2.31. The molecule has 2 N–H and O–H groups in total. The minimum absolute atomic E-state index is 0.562. The first kappa shape index (κ1) is 14.9. The molecule has 0 aliphatic carbocycles. The third-order valence-corrected chi connectivity index (χ3v) is 3.24. The van der Waals surface area contributed by atoms with Gasteiger partial charge in [-0.1, -0.05) is 18.2 Å². The summed E-state index contributed by atoms with van der Waals surface area (Å²) in [6.45, 7) is 1.56. The van der Waals surface area contributed by atoms with Crippen molar-refractivity contribution < 1.29 is 4.74 Å². The van der Waals surface area contributed by atoms with E-state index < -0.39 is 0 Å². The van der Waals surface area contributed by atoms with Crippen LogP contribution < -0.4 is 10.5 Å². The van der Waals surface area contributed by atoms with Crippen LogP contribution in [0.5, 0.6) is 5.75 Å². The highest BCUT2D eigenvalue weighted by molar-refractivity contribution is 5.45. The summed E-state index contributed by atoms with van der Waals surface area (Å²) < 4.78 is 5.16. The summed E-state index contributed by atoms with van der Waals surface area (Å²) in [7, 11) is 3.61. The van der Waals surface area contributed by atoms with Crippen LogP contribution in [-0.2, 0) is 13.1 Å². The van der Waals surface area contributed by atoms with Gasteiger partial charge in [-0.25, -0.2) is 0 Å². The fourth-order valence-corrected chi connectivity index (χ4v) is 2.31. The van der Waals surface area contributed by atoms with Crippen molar-refractivity contribution in [3.63, 3.8) is 0 Å². The predicted molar refractivity (Wildman–Crippen MR) is 83.7 cm³/mol. The first-order chi connectivity index (χ1) is 10.1. The van der Waals surface area contributed by atoms with Gasteiger partial charge >= 0.3 is 0 Å². The van der Waals surface area contributed by atoms with Crippen molar-refractivity contribution >= 4 is 5.69 Å². The molecule has 21 heavy (non-hydrogen) atoms. The van der Waals surface area contributed by atoms with Crippen LogP contribution in [-0.4, -0.2) is 19.1 Å². The number of nitrogens with zero attached hydrogens (tertiary/aromatic N) is 2. The van der Waals surface area contributed by atoms with Gasteiger partial charge in [0.05, 0.1) is 12.7 Å². The zero-order valence-corrected chi connectivity index (χ0v) is 12.3. The van der Waals surface area contributed by atoms with Crippen LogP contribution in [0.15, 0.2) is 42.5 Å². The predicted octanol–water partition coefficient (Wildman–Crippen LogP) is 2.78. The fraction of sp³-hybridized carbons (Fsp3) is 0.235. The number of hydrogen-bond acceptors (Lipinski definition) is 4. The van der Waals surface area contributed by atoms with Gasteiger partial charge in [-0.05, 0) is 42.4 Å². The van der Waals surface area contributed by atoms with Gasteiger partial charge in [0, 0.05) is 18.8 Å². The molecule has 2 aromatic rings. The van der Waals surface area contributed by atoms with Crippen molar-refractivity contribution in [2.75, 3.05) is 19.9 Å². The molecule has 108 valence electrons. The van der Waals surface area contributed by atoms with E-state index in [1.54, 1.807) is 7.11 Å². The van der Waals surface area contributed by atoms with Gasteiger partial charge < -0.3 is 10.5 Å². The Morgan fingerprint density at radius 1 is 1.14 bits per heavy atom. The second kappa shape index (κ2) is 6.78. The minimum atomic E-state index is 0.562. The number of nitrogens with two attached hydrogens (primary N) is 1. The first-order valence-electron chi connectivity index (χ1n) is 6.72. The number of benzene rings is 2. The van der Waals surface area contributed by atoms with Crippen LogP contribution >= 0.6 is 0 Å². The van der Waals surface area contributed by atoms with Gasteiger partial charge in [0.15, 0.2) is 0 Å². The summed E-state index contributed by atoms with van der Waals surface area (Å²) in [5, 5.41) is 9.12. The average Bonchev–Trinajstić information content (AvgIpc) is 2.47. The van der Waals surface area contributed by atoms with Gasteiger partial charge in [0.1, 0.15) is 11.8 Å². The van der Waals surface area contributed by atoms with Crippen molar-refractivity contribution in [2.24, 2.45) is 0 Å².